The zero-order chi connectivity index (χ0) is 28.8. The van der Waals surface area contributed by atoms with Gasteiger partial charge in [-0.15, -0.1) is 0 Å². The van der Waals surface area contributed by atoms with Crippen LogP contribution < -0.4 is 33.2 Å². The number of primary amides is 1. The second-order valence-electron chi connectivity index (χ2n) is 9.26. The van der Waals surface area contributed by atoms with Crippen LogP contribution in [0.1, 0.15) is 51.5 Å². The third kappa shape index (κ3) is 11.1. The Morgan fingerprint density at radius 3 is 2.05 bits per heavy atom. The molecule has 0 heterocycles. The summed E-state index contributed by atoms with van der Waals surface area (Å²) in [7, 11) is 0. The quantitative estimate of drug-likeness (QED) is 0.112. The van der Waals surface area contributed by atoms with Crippen molar-refractivity contribution in [1.29, 1.82) is 0 Å². The van der Waals surface area contributed by atoms with Crippen LogP contribution in [-0.4, -0.2) is 70.5 Å². The number of carbonyl (C=O) groups is 5. The summed E-state index contributed by atoms with van der Waals surface area (Å²) in [6, 6.07) is 1.52. The van der Waals surface area contributed by atoms with Crippen molar-refractivity contribution >= 4 is 29.6 Å². The molecule has 5 unspecified atom stereocenters. The number of rotatable bonds is 17. The van der Waals surface area contributed by atoms with E-state index in [1.807, 2.05) is 6.92 Å². The molecule has 4 amide bonds. The summed E-state index contributed by atoms with van der Waals surface area (Å²) >= 11 is 0. The molecule has 0 saturated heterocycles. The van der Waals surface area contributed by atoms with Crippen molar-refractivity contribution in [1.82, 2.24) is 16.0 Å². The average molecular weight is 537 g/mol. The van der Waals surface area contributed by atoms with E-state index in [1.54, 1.807) is 19.1 Å². The first-order chi connectivity index (χ1) is 17.9. The van der Waals surface area contributed by atoms with Gasteiger partial charge in [-0.3, -0.25) is 19.2 Å². The number of carbonyl (C=O) groups excluding carboxylic acids is 4. The standard InChI is InChI=1S/C25H40N6O7/c1-3-14(2)21(31-22(34)17(27)12-15-7-9-16(32)10-8-15)24(36)29-18(6-4-5-11-26)23(35)30-19(25(37)38)13-20(28)33/h7-10,14,17-19,21,32H,3-6,11-13,26-27H2,1-2H3,(H2,28,33)(H,29,36)(H,30,35)(H,31,34)(H,37,38). The van der Waals surface area contributed by atoms with Crippen molar-refractivity contribution < 1.29 is 34.2 Å². The molecule has 0 radical (unpaired) electrons. The van der Waals surface area contributed by atoms with E-state index in [0.29, 0.717) is 25.8 Å². The molecule has 0 aromatic heterocycles. The largest absolute Gasteiger partial charge is 0.508 e. The van der Waals surface area contributed by atoms with Gasteiger partial charge in [-0.2, -0.15) is 0 Å². The first-order valence-corrected chi connectivity index (χ1v) is 12.5. The second kappa shape index (κ2) is 16.2. The van der Waals surface area contributed by atoms with E-state index in [1.165, 1.54) is 12.1 Å². The van der Waals surface area contributed by atoms with Gasteiger partial charge in [0.25, 0.3) is 0 Å². The van der Waals surface area contributed by atoms with Crippen LogP contribution >= 0.6 is 0 Å². The van der Waals surface area contributed by atoms with Gasteiger partial charge in [-0.25, -0.2) is 4.79 Å². The molecular formula is C25H40N6O7. The Labute approximate surface area is 221 Å². The summed E-state index contributed by atoms with van der Waals surface area (Å²) in [5.41, 5.74) is 17.4. The van der Waals surface area contributed by atoms with Gasteiger partial charge in [0.2, 0.25) is 23.6 Å². The van der Waals surface area contributed by atoms with Crippen molar-refractivity contribution in [3.05, 3.63) is 29.8 Å². The van der Waals surface area contributed by atoms with Crippen LogP contribution in [0.3, 0.4) is 0 Å². The van der Waals surface area contributed by atoms with Gasteiger partial charge < -0.3 is 43.4 Å². The monoisotopic (exact) mass is 536 g/mol. The summed E-state index contributed by atoms with van der Waals surface area (Å²) in [6.45, 7) is 3.94. The zero-order valence-corrected chi connectivity index (χ0v) is 21.8. The number of unbranched alkanes of at least 4 members (excludes halogenated alkanes) is 1. The molecule has 0 spiro atoms. The molecular weight excluding hydrogens is 496 g/mol. The number of phenolic OH excluding ortho intramolecular Hbond substituents is 1. The fourth-order valence-electron chi connectivity index (χ4n) is 3.64. The predicted octanol–water partition coefficient (Wildman–Crippen LogP) is -1.15. The lowest BCUT2D eigenvalue weighted by atomic mass is 9.96. The Kier molecular flexibility index (Phi) is 13.8. The van der Waals surface area contributed by atoms with Crippen LogP contribution in [0.15, 0.2) is 24.3 Å². The topological polar surface area (TPSA) is 240 Å². The molecule has 13 heteroatoms. The Hall–Kier alpha value is -3.71. The highest BCUT2D eigenvalue weighted by Crippen LogP contribution is 2.13. The zero-order valence-electron chi connectivity index (χ0n) is 21.8. The molecule has 0 fully saturated rings. The molecule has 212 valence electrons. The number of hydrogen-bond donors (Lipinski definition) is 8. The number of nitrogens with two attached hydrogens (primary N) is 3. The van der Waals surface area contributed by atoms with Gasteiger partial charge in [0, 0.05) is 0 Å². The molecule has 1 aromatic carbocycles. The van der Waals surface area contributed by atoms with Gasteiger partial charge in [-0.05, 0) is 55.8 Å². The van der Waals surface area contributed by atoms with Crippen molar-refractivity contribution in [3.8, 4) is 5.75 Å². The van der Waals surface area contributed by atoms with Gasteiger partial charge in [0.15, 0.2) is 0 Å². The molecule has 1 aromatic rings. The molecule has 0 aliphatic rings. The second-order valence-corrected chi connectivity index (χ2v) is 9.26. The number of carboxylic acids is 1. The first-order valence-electron chi connectivity index (χ1n) is 12.5. The minimum absolute atomic E-state index is 0.0784. The number of aliphatic carboxylic acids is 1. The smallest absolute Gasteiger partial charge is 0.326 e. The number of aromatic hydroxyl groups is 1. The summed E-state index contributed by atoms with van der Waals surface area (Å²) in [5, 5.41) is 26.2. The fraction of sp³-hybridized carbons (Fsp3) is 0.560. The Morgan fingerprint density at radius 1 is 0.921 bits per heavy atom. The van der Waals surface area contributed by atoms with E-state index in [0.717, 1.165) is 5.56 Å². The molecule has 0 aliphatic carbocycles. The van der Waals surface area contributed by atoms with Gasteiger partial charge >= 0.3 is 5.97 Å². The number of amides is 4. The molecule has 38 heavy (non-hydrogen) atoms. The van der Waals surface area contributed by atoms with E-state index < -0.39 is 60.2 Å². The highest BCUT2D eigenvalue weighted by atomic mass is 16.4. The minimum Gasteiger partial charge on any atom is -0.508 e. The first kappa shape index (κ1) is 32.3. The van der Waals surface area contributed by atoms with Crippen LogP contribution in [0.2, 0.25) is 0 Å². The van der Waals surface area contributed by atoms with Crippen LogP contribution in [-0.2, 0) is 30.4 Å². The maximum absolute atomic E-state index is 13.3. The third-order valence-electron chi connectivity index (χ3n) is 6.12. The Morgan fingerprint density at radius 2 is 1.53 bits per heavy atom. The minimum atomic E-state index is -1.56. The van der Waals surface area contributed by atoms with Crippen molar-refractivity contribution in [2.45, 2.75) is 76.5 Å². The van der Waals surface area contributed by atoms with E-state index in [9.17, 15) is 34.2 Å². The lowest BCUT2D eigenvalue weighted by molar-refractivity contribution is -0.143. The summed E-state index contributed by atoms with van der Waals surface area (Å²) in [5.74, 6) is -4.62. The normalized spacial score (nSPS) is 14.8. The highest BCUT2D eigenvalue weighted by molar-refractivity contribution is 5.95. The number of nitrogens with one attached hydrogen (secondary N) is 3. The van der Waals surface area contributed by atoms with E-state index in [2.05, 4.69) is 16.0 Å². The average Bonchev–Trinajstić information content (AvgIpc) is 2.86. The maximum atomic E-state index is 13.3. The Balaban J connectivity index is 3.00. The summed E-state index contributed by atoms with van der Waals surface area (Å²) in [6.07, 6.45) is 1.24. The van der Waals surface area contributed by atoms with Crippen molar-refractivity contribution in [3.63, 3.8) is 0 Å². The maximum Gasteiger partial charge on any atom is 0.326 e. The van der Waals surface area contributed by atoms with E-state index in [-0.39, 0.29) is 24.5 Å². The SMILES string of the molecule is CCC(C)C(NC(=O)C(N)Cc1ccc(O)cc1)C(=O)NC(CCCCN)C(=O)NC(CC(N)=O)C(=O)O. The number of benzene rings is 1. The van der Waals surface area contributed by atoms with E-state index in [4.69, 9.17) is 17.2 Å². The van der Waals surface area contributed by atoms with Gasteiger partial charge in [-0.1, -0.05) is 32.4 Å². The number of phenols is 1. The Bertz CT molecular complexity index is 956. The van der Waals surface area contributed by atoms with Crippen LogP contribution in [0, 0.1) is 5.92 Å². The van der Waals surface area contributed by atoms with Gasteiger partial charge in [0.1, 0.15) is 23.9 Å². The fourth-order valence-corrected chi connectivity index (χ4v) is 3.64. The van der Waals surface area contributed by atoms with Crippen LogP contribution in [0.5, 0.6) is 5.75 Å². The molecule has 0 bridgehead atoms. The molecule has 0 aliphatic heterocycles. The predicted molar refractivity (Wildman–Crippen MR) is 139 cm³/mol. The molecule has 11 N–H and O–H groups in total. The lowest BCUT2D eigenvalue weighted by Gasteiger charge is -2.28. The van der Waals surface area contributed by atoms with Crippen molar-refractivity contribution in [2.75, 3.05) is 6.54 Å². The molecule has 1 rings (SSSR count). The van der Waals surface area contributed by atoms with Crippen molar-refractivity contribution in [2.24, 2.45) is 23.1 Å². The summed E-state index contributed by atoms with van der Waals surface area (Å²) in [4.78, 5) is 61.6. The van der Waals surface area contributed by atoms with E-state index >= 15 is 0 Å². The lowest BCUT2D eigenvalue weighted by Crippen LogP contribution is -2.59. The number of carboxylic acid groups (broad SMARTS) is 1. The van der Waals surface area contributed by atoms with Gasteiger partial charge in [0.05, 0.1) is 12.5 Å². The molecule has 5 atom stereocenters. The number of hydrogen-bond acceptors (Lipinski definition) is 8. The molecule has 0 saturated carbocycles. The van der Waals surface area contributed by atoms with Crippen LogP contribution in [0.25, 0.3) is 0 Å². The van der Waals surface area contributed by atoms with Crippen LogP contribution in [0.4, 0.5) is 0 Å². The highest BCUT2D eigenvalue weighted by Gasteiger charge is 2.32. The summed E-state index contributed by atoms with van der Waals surface area (Å²) < 4.78 is 0. The third-order valence-corrected chi connectivity index (χ3v) is 6.12. The molecule has 13 nitrogen and oxygen atoms in total.